The highest BCUT2D eigenvalue weighted by molar-refractivity contribution is 7.99. The van der Waals surface area contributed by atoms with E-state index in [1.807, 2.05) is 6.92 Å². The first-order valence-corrected chi connectivity index (χ1v) is 10.5. The van der Waals surface area contributed by atoms with Crippen molar-refractivity contribution < 1.29 is 18.8 Å². The van der Waals surface area contributed by atoms with Gasteiger partial charge in [0, 0.05) is 32.8 Å². The van der Waals surface area contributed by atoms with E-state index in [1.54, 1.807) is 36.4 Å². The summed E-state index contributed by atoms with van der Waals surface area (Å²) in [6, 6.07) is 15.4. The van der Waals surface area contributed by atoms with Crippen molar-refractivity contribution in [3.8, 4) is 0 Å². The summed E-state index contributed by atoms with van der Waals surface area (Å²) >= 11 is 1.38. The van der Waals surface area contributed by atoms with Crippen LogP contribution in [0.15, 0.2) is 65.6 Å². The van der Waals surface area contributed by atoms with E-state index in [1.165, 1.54) is 36.0 Å². The fourth-order valence-corrected chi connectivity index (χ4v) is 4.53. The molecule has 0 radical (unpaired) electrons. The first kappa shape index (κ1) is 20.0. The maximum atomic E-state index is 13.5. The predicted octanol–water partition coefficient (Wildman–Crippen LogP) is 5.36. The van der Waals surface area contributed by atoms with Crippen LogP contribution in [-0.4, -0.2) is 23.2 Å². The van der Waals surface area contributed by atoms with Crippen molar-refractivity contribution in [2.75, 3.05) is 11.1 Å². The van der Waals surface area contributed by atoms with E-state index in [-0.39, 0.29) is 22.7 Å². The lowest BCUT2D eigenvalue weighted by Gasteiger charge is -2.22. The third-order valence-electron chi connectivity index (χ3n) is 4.82. The molecule has 6 heteroatoms. The summed E-state index contributed by atoms with van der Waals surface area (Å²) in [5, 5.41) is 2.68. The lowest BCUT2D eigenvalue weighted by atomic mass is 9.83. The van der Waals surface area contributed by atoms with E-state index >= 15 is 0 Å². The second-order valence-corrected chi connectivity index (χ2v) is 7.99. The number of benzene rings is 3. The van der Waals surface area contributed by atoms with Crippen molar-refractivity contribution in [3.63, 3.8) is 0 Å². The van der Waals surface area contributed by atoms with Gasteiger partial charge in [0.1, 0.15) is 5.82 Å². The molecule has 1 amide bonds. The molecule has 0 fully saturated rings. The number of rotatable bonds is 5. The highest BCUT2D eigenvalue weighted by Crippen LogP contribution is 2.37. The normalized spacial score (nSPS) is 12.3. The number of anilines is 1. The van der Waals surface area contributed by atoms with Crippen molar-refractivity contribution in [2.45, 2.75) is 18.2 Å². The van der Waals surface area contributed by atoms with Crippen molar-refractivity contribution in [1.82, 2.24) is 0 Å². The van der Waals surface area contributed by atoms with Crippen LogP contribution in [0.4, 0.5) is 10.1 Å². The Morgan fingerprint density at radius 2 is 1.67 bits per heavy atom. The molecular weight excluding hydrogens is 401 g/mol. The van der Waals surface area contributed by atoms with Gasteiger partial charge in [0.2, 0.25) is 0 Å². The Balaban J connectivity index is 1.82. The van der Waals surface area contributed by atoms with E-state index < -0.39 is 11.7 Å². The number of nitrogens with one attached hydrogen (secondary N) is 1. The highest BCUT2D eigenvalue weighted by atomic mass is 32.2. The second-order valence-electron chi connectivity index (χ2n) is 6.88. The fraction of sp³-hybridized carbons (Fsp3) is 0.125. The molecule has 0 aromatic heterocycles. The monoisotopic (exact) mass is 419 g/mol. The summed E-state index contributed by atoms with van der Waals surface area (Å²) < 4.78 is 13.5. The first-order chi connectivity index (χ1) is 14.5. The molecule has 4 nitrogen and oxygen atoms in total. The maximum absolute atomic E-state index is 13.5. The van der Waals surface area contributed by atoms with E-state index in [0.29, 0.717) is 33.0 Å². The topological polar surface area (TPSA) is 63.2 Å². The molecule has 0 atom stereocenters. The zero-order valence-corrected chi connectivity index (χ0v) is 17.0. The summed E-state index contributed by atoms with van der Waals surface area (Å²) in [5.41, 5.74) is 1.90. The van der Waals surface area contributed by atoms with Crippen LogP contribution in [-0.2, 0) is 0 Å². The van der Waals surface area contributed by atoms with E-state index in [0.717, 1.165) is 6.42 Å². The smallest absolute Gasteiger partial charge is 0.256 e. The quantitative estimate of drug-likeness (QED) is 0.443. The molecule has 0 saturated heterocycles. The van der Waals surface area contributed by atoms with Crippen LogP contribution in [0.2, 0.25) is 0 Å². The molecule has 0 unspecified atom stereocenters. The van der Waals surface area contributed by atoms with Crippen LogP contribution < -0.4 is 5.32 Å². The predicted molar refractivity (Wildman–Crippen MR) is 115 cm³/mol. The van der Waals surface area contributed by atoms with Crippen molar-refractivity contribution >= 4 is 34.9 Å². The SMILES string of the molecule is CCCSc1c(C(=O)Nc2cccc(F)c2)ccc2c1C(=O)c1ccccc1C2=O. The van der Waals surface area contributed by atoms with Gasteiger partial charge < -0.3 is 5.32 Å². The van der Waals surface area contributed by atoms with Gasteiger partial charge in [0.05, 0.1) is 5.56 Å². The average molecular weight is 419 g/mol. The minimum atomic E-state index is -0.462. The average Bonchev–Trinajstić information content (AvgIpc) is 2.75. The van der Waals surface area contributed by atoms with Gasteiger partial charge in [-0.05, 0) is 42.5 Å². The van der Waals surface area contributed by atoms with Gasteiger partial charge in [-0.25, -0.2) is 4.39 Å². The number of ketones is 2. The first-order valence-electron chi connectivity index (χ1n) is 9.56. The Labute approximate surface area is 177 Å². The molecule has 0 saturated carbocycles. The minimum absolute atomic E-state index is 0.226. The number of amides is 1. The van der Waals surface area contributed by atoms with E-state index in [4.69, 9.17) is 0 Å². The molecule has 0 heterocycles. The van der Waals surface area contributed by atoms with Crippen molar-refractivity contribution in [2.24, 2.45) is 0 Å². The van der Waals surface area contributed by atoms with Crippen LogP contribution in [0.1, 0.15) is 55.5 Å². The lowest BCUT2D eigenvalue weighted by molar-refractivity contribution is 0.0975. The number of hydrogen-bond donors (Lipinski definition) is 1. The summed E-state index contributed by atoms with van der Waals surface area (Å²) in [6.07, 6.45) is 0.831. The molecule has 1 N–H and O–H groups in total. The van der Waals surface area contributed by atoms with Crippen LogP contribution in [0.5, 0.6) is 0 Å². The molecular formula is C24H18FNO3S. The number of thioether (sulfide) groups is 1. The van der Waals surface area contributed by atoms with Crippen LogP contribution >= 0.6 is 11.8 Å². The third-order valence-corrected chi connectivity index (χ3v) is 6.15. The number of carbonyl (C=O) groups is 3. The molecule has 1 aliphatic rings. The third kappa shape index (κ3) is 3.55. The molecule has 0 spiro atoms. The Morgan fingerprint density at radius 3 is 2.37 bits per heavy atom. The molecule has 1 aliphatic carbocycles. The van der Waals surface area contributed by atoms with Gasteiger partial charge in [-0.2, -0.15) is 0 Å². The molecule has 3 aromatic rings. The zero-order chi connectivity index (χ0) is 21.3. The zero-order valence-electron chi connectivity index (χ0n) is 16.2. The number of carbonyl (C=O) groups excluding carboxylic acids is 3. The Hall–Kier alpha value is -3.25. The van der Waals surface area contributed by atoms with Crippen LogP contribution in [0.3, 0.4) is 0 Å². The van der Waals surface area contributed by atoms with Gasteiger partial charge in [-0.1, -0.05) is 37.3 Å². The number of halogens is 1. The van der Waals surface area contributed by atoms with Crippen molar-refractivity contribution in [3.05, 3.63) is 94.3 Å². The molecule has 0 aliphatic heterocycles. The summed E-state index contributed by atoms with van der Waals surface area (Å²) in [4.78, 5) is 39.7. The highest BCUT2D eigenvalue weighted by Gasteiger charge is 2.33. The molecule has 4 rings (SSSR count). The minimum Gasteiger partial charge on any atom is -0.322 e. The summed E-state index contributed by atoms with van der Waals surface area (Å²) in [6.45, 7) is 2.00. The number of fused-ring (bicyclic) bond motifs is 2. The largest absolute Gasteiger partial charge is 0.322 e. The fourth-order valence-electron chi connectivity index (χ4n) is 3.45. The molecule has 0 bridgehead atoms. The van der Waals surface area contributed by atoms with Crippen molar-refractivity contribution in [1.29, 1.82) is 0 Å². The van der Waals surface area contributed by atoms with Gasteiger partial charge in [-0.3, -0.25) is 14.4 Å². The van der Waals surface area contributed by atoms with Gasteiger partial charge in [0.15, 0.2) is 11.6 Å². The van der Waals surface area contributed by atoms with Crippen LogP contribution in [0, 0.1) is 5.82 Å². The Kier molecular flexibility index (Phi) is 5.50. The van der Waals surface area contributed by atoms with Gasteiger partial charge >= 0.3 is 0 Å². The maximum Gasteiger partial charge on any atom is 0.256 e. The van der Waals surface area contributed by atoms with E-state index in [9.17, 15) is 18.8 Å². The number of hydrogen-bond acceptors (Lipinski definition) is 4. The van der Waals surface area contributed by atoms with Gasteiger partial charge in [-0.15, -0.1) is 11.8 Å². The Morgan fingerprint density at radius 1 is 0.933 bits per heavy atom. The standard InChI is InChI=1S/C24H18FNO3S/c1-2-12-30-23-19(24(29)26-15-7-5-6-14(25)13-15)11-10-18-20(23)22(28)17-9-4-3-8-16(17)21(18)27/h3-11,13H,2,12H2,1H3,(H,26,29). The van der Waals surface area contributed by atoms with Gasteiger partial charge in [0.25, 0.3) is 5.91 Å². The van der Waals surface area contributed by atoms with E-state index in [2.05, 4.69) is 5.32 Å². The lowest BCUT2D eigenvalue weighted by Crippen LogP contribution is -2.24. The second kappa shape index (κ2) is 8.24. The molecule has 30 heavy (non-hydrogen) atoms. The molecule has 3 aromatic carbocycles. The summed E-state index contributed by atoms with van der Waals surface area (Å²) in [5.74, 6) is -0.730. The summed E-state index contributed by atoms with van der Waals surface area (Å²) in [7, 11) is 0. The Bertz CT molecular complexity index is 1190. The van der Waals surface area contributed by atoms with Crippen LogP contribution in [0.25, 0.3) is 0 Å². The molecule has 150 valence electrons.